The number of ketones is 1. The SMILES string of the molecule is COCCCN1C(=O)C(=O)/C(=C(/O)c2ccc(OC)cc2OC)C1c1cccc(OCc2ccccc2)c1. The number of hydrogen-bond acceptors (Lipinski definition) is 7. The standard InChI is InChI=1S/C30H31NO7/c1-35-16-8-15-31-27(21-11-7-12-23(17-21)38-19-20-9-5-4-6-10-20)26(29(33)30(31)34)28(32)24-14-13-22(36-2)18-25(24)37-3/h4-7,9-14,17-18,27,32H,8,15-16,19H2,1-3H3/b28-26+. The van der Waals surface area contributed by atoms with E-state index in [1.807, 2.05) is 42.5 Å². The molecule has 38 heavy (non-hydrogen) atoms. The Morgan fingerprint density at radius 3 is 2.39 bits per heavy atom. The average Bonchev–Trinajstić information content (AvgIpc) is 3.21. The molecule has 0 aliphatic carbocycles. The number of aliphatic hydroxyl groups is 1. The highest BCUT2D eigenvalue weighted by atomic mass is 16.5. The minimum absolute atomic E-state index is 0.0175. The summed E-state index contributed by atoms with van der Waals surface area (Å²) < 4.78 is 21.9. The molecule has 1 amide bonds. The molecule has 0 bridgehead atoms. The molecule has 1 fully saturated rings. The van der Waals surface area contributed by atoms with Gasteiger partial charge in [-0.1, -0.05) is 42.5 Å². The van der Waals surface area contributed by atoms with Crippen LogP contribution in [0, 0.1) is 0 Å². The van der Waals surface area contributed by atoms with Crippen molar-refractivity contribution in [2.45, 2.75) is 19.1 Å². The molecule has 1 atom stereocenters. The van der Waals surface area contributed by atoms with Crippen LogP contribution >= 0.6 is 0 Å². The number of carbonyl (C=O) groups is 2. The Kier molecular flexibility index (Phi) is 8.66. The number of amides is 1. The summed E-state index contributed by atoms with van der Waals surface area (Å²) in [6.07, 6.45) is 0.524. The van der Waals surface area contributed by atoms with E-state index in [2.05, 4.69) is 0 Å². The van der Waals surface area contributed by atoms with Gasteiger partial charge in [-0.2, -0.15) is 0 Å². The third kappa shape index (κ3) is 5.65. The Morgan fingerprint density at radius 2 is 1.68 bits per heavy atom. The van der Waals surface area contributed by atoms with Crippen molar-refractivity contribution < 1.29 is 33.6 Å². The number of benzene rings is 3. The molecule has 3 aromatic carbocycles. The van der Waals surface area contributed by atoms with Crippen LogP contribution in [0.4, 0.5) is 0 Å². The van der Waals surface area contributed by atoms with Gasteiger partial charge in [0.15, 0.2) is 0 Å². The van der Waals surface area contributed by atoms with E-state index in [1.165, 1.54) is 19.1 Å². The lowest BCUT2D eigenvalue weighted by Crippen LogP contribution is -2.31. The summed E-state index contributed by atoms with van der Waals surface area (Å²) in [4.78, 5) is 28.0. The second-order valence-electron chi connectivity index (χ2n) is 8.75. The first-order valence-electron chi connectivity index (χ1n) is 12.2. The van der Waals surface area contributed by atoms with E-state index in [4.69, 9.17) is 18.9 Å². The molecule has 8 nitrogen and oxygen atoms in total. The molecule has 0 radical (unpaired) electrons. The van der Waals surface area contributed by atoms with Crippen molar-refractivity contribution >= 4 is 17.4 Å². The lowest BCUT2D eigenvalue weighted by atomic mass is 9.94. The maximum absolute atomic E-state index is 13.3. The largest absolute Gasteiger partial charge is 0.507 e. The van der Waals surface area contributed by atoms with Gasteiger partial charge in [0.25, 0.3) is 11.7 Å². The van der Waals surface area contributed by atoms with E-state index in [0.29, 0.717) is 42.4 Å². The molecule has 0 saturated carbocycles. The van der Waals surface area contributed by atoms with Gasteiger partial charge in [-0.05, 0) is 41.8 Å². The van der Waals surface area contributed by atoms with Crippen LogP contribution in [0.5, 0.6) is 17.2 Å². The van der Waals surface area contributed by atoms with Gasteiger partial charge < -0.3 is 29.0 Å². The number of Topliss-reactive ketones (excluding diaryl/α,β-unsaturated/α-hetero) is 1. The van der Waals surface area contributed by atoms with Crippen LogP contribution in [-0.4, -0.2) is 56.2 Å². The Hall–Kier alpha value is -4.30. The van der Waals surface area contributed by atoms with Crippen LogP contribution in [0.15, 0.2) is 78.4 Å². The maximum Gasteiger partial charge on any atom is 0.295 e. The number of methoxy groups -OCH3 is 3. The number of nitrogens with zero attached hydrogens (tertiary/aromatic N) is 1. The molecular weight excluding hydrogens is 486 g/mol. The molecular formula is C30H31NO7. The second kappa shape index (κ2) is 12.3. The molecule has 1 aliphatic rings. The van der Waals surface area contributed by atoms with Crippen LogP contribution in [0.2, 0.25) is 0 Å². The lowest BCUT2D eigenvalue weighted by molar-refractivity contribution is -0.140. The third-order valence-corrected chi connectivity index (χ3v) is 6.37. The Bertz CT molecular complexity index is 1320. The molecule has 8 heteroatoms. The van der Waals surface area contributed by atoms with E-state index >= 15 is 0 Å². The van der Waals surface area contributed by atoms with E-state index in [9.17, 15) is 14.7 Å². The van der Waals surface area contributed by atoms with E-state index < -0.39 is 17.7 Å². The van der Waals surface area contributed by atoms with Crippen molar-refractivity contribution in [3.63, 3.8) is 0 Å². The highest BCUT2D eigenvalue weighted by Crippen LogP contribution is 2.42. The van der Waals surface area contributed by atoms with Gasteiger partial charge in [0.2, 0.25) is 0 Å². The van der Waals surface area contributed by atoms with Crippen molar-refractivity contribution in [3.8, 4) is 17.2 Å². The van der Waals surface area contributed by atoms with Crippen molar-refractivity contribution in [2.75, 3.05) is 34.5 Å². The van der Waals surface area contributed by atoms with Crippen LogP contribution in [0.1, 0.15) is 29.2 Å². The summed E-state index contributed by atoms with van der Waals surface area (Å²) in [5.74, 6) is -0.355. The number of hydrogen-bond donors (Lipinski definition) is 1. The zero-order valence-electron chi connectivity index (χ0n) is 21.7. The normalized spacial score (nSPS) is 16.5. The molecule has 1 saturated heterocycles. The number of ether oxygens (including phenoxy) is 4. The molecule has 1 unspecified atom stereocenters. The van der Waals surface area contributed by atoms with Crippen LogP contribution in [0.25, 0.3) is 5.76 Å². The van der Waals surface area contributed by atoms with Crippen molar-refractivity contribution in [1.29, 1.82) is 0 Å². The highest BCUT2D eigenvalue weighted by Gasteiger charge is 2.46. The van der Waals surface area contributed by atoms with Crippen molar-refractivity contribution in [3.05, 3.63) is 95.1 Å². The van der Waals surface area contributed by atoms with Gasteiger partial charge in [0.05, 0.1) is 31.4 Å². The average molecular weight is 518 g/mol. The van der Waals surface area contributed by atoms with Crippen LogP contribution in [-0.2, 0) is 20.9 Å². The quantitative estimate of drug-likeness (QED) is 0.170. The first kappa shape index (κ1) is 26.8. The van der Waals surface area contributed by atoms with Crippen molar-refractivity contribution in [1.82, 2.24) is 4.90 Å². The fourth-order valence-electron chi connectivity index (χ4n) is 4.49. The third-order valence-electron chi connectivity index (χ3n) is 6.37. The van der Waals surface area contributed by atoms with E-state index in [1.54, 1.807) is 37.4 Å². The van der Waals surface area contributed by atoms with E-state index in [0.717, 1.165) is 5.56 Å². The zero-order valence-corrected chi connectivity index (χ0v) is 21.7. The Balaban J connectivity index is 1.77. The molecule has 0 spiro atoms. The first-order chi connectivity index (χ1) is 18.5. The fraction of sp³-hybridized carbons (Fsp3) is 0.267. The van der Waals surface area contributed by atoms with Gasteiger partial charge >= 0.3 is 0 Å². The predicted octanol–water partition coefficient (Wildman–Crippen LogP) is 4.74. The molecule has 198 valence electrons. The fourth-order valence-corrected chi connectivity index (χ4v) is 4.49. The lowest BCUT2D eigenvalue weighted by Gasteiger charge is -2.25. The molecule has 3 aromatic rings. The van der Waals surface area contributed by atoms with Crippen LogP contribution < -0.4 is 14.2 Å². The summed E-state index contributed by atoms with van der Waals surface area (Å²) in [6, 6.07) is 21.0. The maximum atomic E-state index is 13.3. The molecule has 1 aliphatic heterocycles. The molecule has 0 aromatic heterocycles. The van der Waals surface area contributed by atoms with Crippen LogP contribution in [0.3, 0.4) is 0 Å². The van der Waals surface area contributed by atoms with Gasteiger partial charge in [-0.25, -0.2) is 0 Å². The summed E-state index contributed by atoms with van der Waals surface area (Å²) in [7, 11) is 4.56. The van der Waals surface area contributed by atoms with Crippen molar-refractivity contribution in [2.24, 2.45) is 0 Å². The molecule has 1 heterocycles. The second-order valence-corrected chi connectivity index (χ2v) is 8.75. The number of rotatable bonds is 11. The smallest absolute Gasteiger partial charge is 0.295 e. The Labute approximate surface area is 222 Å². The van der Waals surface area contributed by atoms with Gasteiger partial charge in [-0.15, -0.1) is 0 Å². The number of aliphatic hydroxyl groups excluding tert-OH is 1. The zero-order chi connectivity index (χ0) is 27.1. The highest BCUT2D eigenvalue weighted by molar-refractivity contribution is 6.46. The first-order valence-corrected chi connectivity index (χ1v) is 12.2. The summed E-state index contributed by atoms with van der Waals surface area (Å²) >= 11 is 0. The molecule has 1 N–H and O–H groups in total. The Morgan fingerprint density at radius 1 is 0.895 bits per heavy atom. The summed E-state index contributed by atoms with van der Waals surface area (Å²) in [5, 5.41) is 11.4. The minimum atomic E-state index is -0.820. The monoisotopic (exact) mass is 517 g/mol. The number of carbonyl (C=O) groups excluding carboxylic acids is 2. The summed E-state index contributed by atoms with van der Waals surface area (Å²) in [5.41, 5.74) is 1.91. The topological polar surface area (TPSA) is 94.5 Å². The predicted molar refractivity (Wildman–Crippen MR) is 142 cm³/mol. The van der Waals surface area contributed by atoms with Gasteiger partial charge in [-0.3, -0.25) is 9.59 Å². The number of likely N-dealkylation sites (tertiary alicyclic amines) is 1. The van der Waals surface area contributed by atoms with E-state index in [-0.39, 0.29) is 23.4 Å². The van der Waals surface area contributed by atoms with Gasteiger partial charge in [0, 0.05) is 26.3 Å². The minimum Gasteiger partial charge on any atom is -0.507 e. The van der Waals surface area contributed by atoms with Gasteiger partial charge in [0.1, 0.15) is 29.6 Å². The molecule has 4 rings (SSSR count). The summed E-state index contributed by atoms with van der Waals surface area (Å²) in [6.45, 7) is 1.05.